The van der Waals surface area contributed by atoms with Crippen LogP contribution in [0, 0.1) is 5.82 Å². The number of aromatic nitrogens is 2. The molecular weight excluding hydrogens is 518 g/mol. The lowest BCUT2D eigenvalue weighted by atomic mass is 10.1. The van der Waals surface area contributed by atoms with Gasteiger partial charge in [-0.15, -0.1) is 0 Å². The molecule has 2 saturated heterocycles. The van der Waals surface area contributed by atoms with Crippen LogP contribution in [-0.4, -0.2) is 91.7 Å². The quantitative estimate of drug-likeness (QED) is 0.359. The summed E-state index contributed by atoms with van der Waals surface area (Å²) < 4.78 is 61.4. The third-order valence-corrected chi connectivity index (χ3v) is 6.95. The molecular formula is C26H35F4N7O2. The number of nitrogens with zero attached hydrogens (tertiary/aromatic N) is 5. The Bertz CT molecular complexity index is 1140. The zero-order valence-electron chi connectivity index (χ0n) is 22.3. The summed E-state index contributed by atoms with van der Waals surface area (Å²) in [5, 5.41) is 5.66. The minimum atomic E-state index is -4.66. The highest BCUT2D eigenvalue weighted by Crippen LogP contribution is 2.35. The van der Waals surface area contributed by atoms with E-state index in [1.54, 1.807) is 11.0 Å². The van der Waals surface area contributed by atoms with Gasteiger partial charge in [0.2, 0.25) is 11.9 Å². The molecule has 0 unspecified atom stereocenters. The van der Waals surface area contributed by atoms with Gasteiger partial charge in [-0.2, -0.15) is 18.2 Å². The average molecular weight is 554 g/mol. The van der Waals surface area contributed by atoms with Crippen LogP contribution < -0.4 is 15.5 Å². The van der Waals surface area contributed by atoms with E-state index in [9.17, 15) is 18.0 Å². The van der Waals surface area contributed by atoms with Crippen molar-refractivity contribution >= 4 is 29.0 Å². The number of piperazine rings is 1. The van der Waals surface area contributed by atoms with E-state index in [4.69, 9.17) is 4.74 Å². The minimum absolute atomic E-state index is 0.0328. The molecule has 2 N–H and O–H groups in total. The van der Waals surface area contributed by atoms with Gasteiger partial charge < -0.3 is 30.1 Å². The van der Waals surface area contributed by atoms with E-state index in [1.807, 2.05) is 18.9 Å². The zero-order valence-corrected chi connectivity index (χ0v) is 22.3. The molecule has 1 aromatic heterocycles. The molecule has 1 aromatic carbocycles. The number of carbonyl (C=O) groups excluding carboxylic acids is 1. The summed E-state index contributed by atoms with van der Waals surface area (Å²) >= 11 is 0. The number of nitrogens with one attached hydrogen (secondary N) is 2. The molecule has 0 saturated carbocycles. The minimum Gasteiger partial charge on any atom is -0.379 e. The first-order valence-electron chi connectivity index (χ1n) is 13.2. The molecule has 1 amide bonds. The number of ether oxygens (including phenoxy) is 1. The molecule has 4 rings (SSSR count). The van der Waals surface area contributed by atoms with Crippen molar-refractivity contribution in [3.8, 4) is 0 Å². The second-order valence-corrected chi connectivity index (χ2v) is 9.71. The highest BCUT2D eigenvalue weighted by molar-refractivity contribution is 5.76. The summed E-state index contributed by atoms with van der Waals surface area (Å²) in [7, 11) is 2.03. The molecule has 2 aliphatic rings. The van der Waals surface area contributed by atoms with Crippen LogP contribution in [0.2, 0.25) is 0 Å². The van der Waals surface area contributed by atoms with Crippen LogP contribution in [-0.2, 0) is 22.1 Å². The van der Waals surface area contributed by atoms with Gasteiger partial charge in [0.15, 0.2) is 0 Å². The third kappa shape index (κ3) is 7.47. The number of alkyl halides is 3. The molecule has 2 fully saturated rings. The van der Waals surface area contributed by atoms with Gasteiger partial charge in [0.05, 0.1) is 25.3 Å². The maximum absolute atomic E-state index is 15.1. The summed E-state index contributed by atoms with van der Waals surface area (Å²) in [5.41, 5.74) is 0.713. The molecule has 214 valence electrons. The molecule has 13 heteroatoms. The molecule has 0 radical (unpaired) electrons. The van der Waals surface area contributed by atoms with Crippen LogP contribution in [0.1, 0.15) is 30.9 Å². The van der Waals surface area contributed by atoms with Crippen molar-refractivity contribution in [2.24, 2.45) is 0 Å². The Balaban J connectivity index is 1.47. The van der Waals surface area contributed by atoms with E-state index < -0.39 is 17.6 Å². The van der Waals surface area contributed by atoms with Crippen molar-refractivity contribution in [3.63, 3.8) is 0 Å². The Morgan fingerprint density at radius 2 is 1.87 bits per heavy atom. The summed E-state index contributed by atoms with van der Waals surface area (Å²) in [6.07, 6.45) is -2.65. The van der Waals surface area contributed by atoms with E-state index in [0.717, 1.165) is 18.7 Å². The number of hydrogen-bond donors (Lipinski definition) is 2. The first kappa shape index (κ1) is 28.8. The maximum Gasteiger partial charge on any atom is 0.421 e. The fourth-order valence-electron chi connectivity index (χ4n) is 4.64. The van der Waals surface area contributed by atoms with Crippen molar-refractivity contribution < 1.29 is 27.1 Å². The molecule has 3 heterocycles. The molecule has 0 atom stereocenters. The Morgan fingerprint density at radius 1 is 1.10 bits per heavy atom. The van der Waals surface area contributed by atoms with E-state index in [2.05, 4.69) is 25.5 Å². The van der Waals surface area contributed by atoms with Crippen molar-refractivity contribution in [3.05, 3.63) is 35.3 Å². The van der Waals surface area contributed by atoms with E-state index in [1.165, 1.54) is 6.07 Å². The van der Waals surface area contributed by atoms with Crippen molar-refractivity contribution in [2.45, 2.75) is 32.4 Å². The number of rotatable bonds is 9. The van der Waals surface area contributed by atoms with Crippen LogP contribution in [0.25, 0.3) is 0 Å². The topological polar surface area (TPSA) is 85.9 Å². The Hall–Kier alpha value is -3.19. The van der Waals surface area contributed by atoms with E-state index in [-0.39, 0.29) is 24.2 Å². The maximum atomic E-state index is 15.1. The SMILES string of the molecule is CCc1cc(N2CCN(C)CC2)c(F)cc1Nc1ncc(C(F)(F)F)c(NCCCN2CCOCCC2=O)n1. The monoisotopic (exact) mass is 553 g/mol. The number of likely N-dealkylation sites (N-methyl/N-ethyl adjacent to an activating group) is 1. The Kier molecular flexibility index (Phi) is 9.44. The van der Waals surface area contributed by atoms with Gasteiger partial charge in [-0.25, -0.2) is 9.37 Å². The zero-order chi connectivity index (χ0) is 28.0. The largest absolute Gasteiger partial charge is 0.421 e. The fraction of sp³-hybridized carbons (Fsp3) is 0.577. The lowest BCUT2D eigenvalue weighted by molar-refractivity contribution is -0.137. The lowest BCUT2D eigenvalue weighted by Crippen LogP contribution is -2.44. The number of aryl methyl sites for hydroxylation is 1. The molecule has 2 aliphatic heterocycles. The van der Waals surface area contributed by atoms with Crippen LogP contribution in [0.3, 0.4) is 0 Å². The van der Waals surface area contributed by atoms with Crippen molar-refractivity contribution in [1.82, 2.24) is 19.8 Å². The van der Waals surface area contributed by atoms with Gasteiger partial charge in [-0.1, -0.05) is 6.92 Å². The summed E-state index contributed by atoms with van der Waals surface area (Å²) in [5.74, 6) is -0.905. The summed E-state index contributed by atoms with van der Waals surface area (Å²) in [6, 6.07) is 3.13. The highest BCUT2D eigenvalue weighted by Gasteiger charge is 2.35. The van der Waals surface area contributed by atoms with E-state index in [0.29, 0.717) is 76.2 Å². The van der Waals surface area contributed by atoms with Crippen LogP contribution in [0.15, 0.2) is 18.3 Å². The van der Waals surface area contributed by atoms with Crippen LogP contribution >= 0.6 is 0 Å². The van der Waals surface area contributed by atoms with Gasteiger partial charge in [0, 0.05) is 57.7 Å². The van der Waals surface area contributed by atoms with Crippen molar-refractivity contribution in [1.29, 1.82) is 0 Å². The molecule has 39 heavy (non-hydrogen) atoms. The second kappa shape index (κ2) is 12.8. The number of anilines is 4. The second-order valence-electron chi connectivity index (χ2n) is 9.71. The van der Waals surface area contributed by atoms with E-state index >= 15 is 4.39 Å². The molecule has 9 nitrogen and oxygen atoms in total. The third-order valence-electron chi connectivity index (χ3n) is 6.95. The molecule has 0 spiro atoms. The van der Waals surface area contributed by atoms with Crippen LogP contribution in [0.5, 0.6) is 0 Å². The summed E-state index contributed by atoms with van der Waals surface area (Å²) in [6.45, 7) is 6.84. The number of amides is 1. The van der Waals surface area contributed by atoms with Gasteiger partial charge in [0.25, 0.3) is 0 Å². The van der Waals surface area contributed by atoms with Gasteiger partial charge in [-0.05, 0) is 37.6 Å². The predicted molar refractivity (Wildman–Crippen MR) is 141 cm³/mol. The molecule has 0 bridgehead atoms. The molecule has 2 aromatic rings. The standard InChI is InChI=1S/C26H35F4N7O2/c1-3-18-15-22(36-10-8-35(2)9-11-36)20(27)16-21(18)33-25-32-17-19(26(28,29)30)24(34-25)31-6-4-7-37-12-14-39-13-5-23(37)38/h15-17H,3-14H2,1-2H3,(H2,31,32,33,34). The number of hydrogen-bond acceptors (Lipinski definition) is 8. The number of benzene rings is 1. The van der Waals surface area contributed by atoms with Crippen LogP contribution in [0.4, 0.5) is 40.7 Å². The molecule has 0 aliphatic carbocycles. The Labute approximate surface area is 225 Å². The fourth-order valence-corrected chi connectivity index (χ4v) is 4.64. The average Bonchev–Trinajstić information content (AvgIpc) is 3.10. The van der Waals surface area contributed by atoms with Gasteiger partial charge in [0.1, 0.15) is 17.2 Å². The first-order chi connectivity index (χ1) is 18.7. The smallest absolute Gasteiger partial charge is 0.379 e. The highest BCUT2D eigenvalue weighted by atomic mass is 19.4. The number of halogens is 4. The Morgan fingerprint density at radius 3 is 2.59 bits per heavy atom. The van der Waals surface area contributed by atoms with Gasteiger partial charge >= 0.3 is 6.18 Å². The normalized spacial score (nSPS) is 17.3. The predicted octanol–water partition coefficient (Wildman–Crippen LogP) is 3.74. The lowest BCUT2D eigenvalue weighted by Gasteiger charge is -2.34. The summed E-state index contributed by atoms with van der Waals surface area (Å²) in [4.78, 5) is 25.9. The van der Waals surface area contributed by atoms with Gasteiger partial charge in [-0.3, -0.25) is 4.79 Å². The number of carbonyl (C=O) groups is 1. The van der Waals surface area contributed by atoms with Crippen molar-refractivity contribution in [2.75, 3.05) is 81.6 Å². The first-order valence-corrected chi connectivity index (χ1v) is 13.2.